The molecule has 1 amide bonds. The summed E-state index contributed by atoms with van der Waals surface area (Å²) >= 11 is 0. The van der Waals surface area contributed by atoms with E-state index in [0.29, 0.717) is 6.04 Å². The summed E-state index contributed by atoms with van der Waals surface area (Å²) in [5, 5.41) is 9.89. The monoisotopic (exact) mass is 226 g/mol. The van der Waals surface area contributed by atoms with Crippen molar-refractivity contribution in [2.45, 2.75) is 44.8 Å². The predicted octanol–water partition coefficient (Wildman–Crippen LogP) is 0.454. The molecular formula is C12H22N2O2. The molecule has 1 saturated heterocycles. The first-order valence-electron chi connectivity index (χ1n) is 6.36. The Morgan fingerprint density at radius 2 is 1.94 bits per heavy atom. The second kappa shape index (κ2) is 5.15. The van der Waals surface area contributed by atoms with Crippen molar-refractivity contribution in [3.8, 4) is 0 Å². The fourth-order valence-corrected chi connectivity index (χ4v) is 2.93. The zero-order valence-corrected chi connectivity index (χ0v) is 10.1. The van der Waals surface area contributed by atoms with E-state index in [-0.39, 0.29) is 12.0 Å². The van der Waals surface area contributed by atoms with Crippen LogP contribution in [-0.4, -0.2) is 59.1 Å². The van der Waals surface area contributed by atoms with E-state index in [0.717, 1.165) is 51.9 Å². The maximum atomic E-state index is 11.3. The average molecular weight is 226 g/mol. The predicted molar refractivity (Wildman–Crippen MR) is 62.1 cm³/mol. The minimum Gasteiger partial charge on any atom is -0.391 e. The van der Waals surface area contributed by atoms with Gasteiger partial charge in [0.25, 0.3) is 0 Å². The quantitative estimate of drug-likeness (QED) is 0.706. The van der Waals surface area contributed by atoms with Gasteiger partial charge in [-0.25, -0.2) is 0 Å². The lowest BCUT2D eigenvalue weighted by Crippen LogP contribution is -2.42. The van der Waals surface area contributed by atoms with Gasteiger partial charge in [0, 0.05) is 39.1 Å². The Hall–Kier alpha value is -0.610. The number of amides is 1. The SMILES string of the molecule is CC(=O)N1CCCN([C@@H]2CCC[C@H]2O)CC1. The molecule has 0 unspecified atom stereocenters. The highest BCUT2D eigenvalue weighted by atomic mass is 16.3. The number of carbonyl (C=O) groups is 1. The number of hydrogen-bond donors (Lipinski definition) is 1. The van der Waals surface area contributed by atoms with E-state index in [9.17, 15) is 9.90 Å². The Bertz CT molecular complexity index is 257. The Labute approximate surface area is 97.2 Å². The molecule has 1 aliphatic carbocycles. The lowest BCUT2D eigenvalue weighted by atomic mass is 10.1. The first kappa shape index (κ1) is 11.9. The fourth-order valence-electron chi connectivity index (χ4n) is 2.93. The number of nitrogens with zero attached hydrogens (tertiary/aromatic N) is 2. The topological polar surface area (TPSA) is 43.8 Å². The van der Waals surface area contributed by atoms with Gasteiger partial charge in [-0.1, -0.05) is 0 Å². The summed E-state index contributed by atoms with van der Waals surface area (Å²) in [6.45, 7) is 5.26. The molecule has 0 aromatic rings. The van der Waals surface area contributed by atoms with Crippen molar-refractivity contribution in [2.75, 3.05) is 26.2 Å². The number of rotatable bonds is 1. The number of aliphatic hydroxyl groups excluding tert-OH is 1. The van der Waals surface area contributed by atoms with Crippen LogP contribution in [0.2, 0.25) is 0 Å². The van der Waals surface area contributed by atoms with Crippen molar-refractivity contribution in [1.29, 1.82) is 0 Å². The van der Waals surface area contributed by atoms with Crippen LogP contribution in [0.1, 0.15) is 32.6 Å². The van der Waals surface area contributed by atoms with Gasteiger partial charge in [-0.05, 0) is 25.7 Å². The minimum atomic E-state index is -0.149. The summed E-state index contributed by atoms with van der Waals surface area (Å²) in [7, 11) is 0. The molecular weight excluding hydrogens is 204 g/mol. The lowest BCUT2D eigenvalue weighted by molar-refractivity contribution is -0.128. The van der Waals surface area contributed by atoms with E-state index in [2.05, 4.69) is 4.90 Å². The Kier molecular flexibility index (Phi) is 3.82. The molecule has 1 heterocycles. The molecule has 0 radical (unpaired) electrons. The van der Waals surface area contributed by atoms with Crippen molar-refractivity contribution in [3.63, 3.8) is 0 Å². The number of aliphatic hydroxyl groups is 1. The average Bonchev–Trinajstić information content (AvgIpc) is 2.54. The lowest BCUT2D eigenvalue weighted by Gasteiger charge is -2.29. The smallest absolute Gasteiger partial charge is 0.219 e. The van der Waals surface area contributed by atoms with E-state index in [1.54, 1.807) is 6.92 Å². The number of carbonyl (C=O) groups excluding carboxylic acids is 1. The van der Waals surface area contributed by atoms with Gasteiger partial charge in [0.15, 0.2) is 0 Å². The van der Waals surface area contributed by atoms with Crippen molar-refractivity contribution in [2.24, 2.45) is 0 Å². The minimum absolute atomic E-state index is 0.149. The van der Waals surface area contributed by atoms with Crippen LogP contribution in [-0.2, 0) is 4.79 Å². The van der Waals surface area contributed by atoms with E-state index in [1.165, 1.54) is 0 Å². The molecule has 4 heteroatoms. The summed E-state index contributed by atoms with van der Waals surface area (Å²) in [4.78, 5) is 15.6. The summed E-state index contributed by atoms with van der Waals surface area (Å²) < 4.78 is 0. The van der Waals surface area contributed by atoms with Gasteiger partial charge in [0.2, 0.25) is 5.91 Å². The molecule has 2 atom stereocenters. The van der Waals surface area contributed by atoms with Crippen molar-refractivity contribution >= 4 is 5.91 Å². The van der Waals surface area contributed by atoms with Crippen molar-refractivity contribution < 1.29 is 9.90 Å². The molecule has 16 heavy (non-hydrogen) atoms. The van der Waals surface area contributed by atoms with E-state index < -0.39 is 0 Å². The largest absolute Gasteiger partial charge is 0.391 e. The van der Waals surface area contributed by atoms with Crippen molar-refractivity contribution in [3.05, 3.63) is 0 Å². The summed E-state index contributed by atoms with van der Waals surface area (Å²) in [6, 6.07) is 0.340. The van der Waals surface area contributed by atoms with Crippen molar-refractivity contribution in [1.82, 2.24) is 9.80 Å². The maximum absolute atomic E-state index is 11.3. The fraction of sp³-hybridized carbons (Fsp3) is 0.917. The van der Waals surface area contributed by atoms with Crippen LogP contribution in [0.25, 0.3) is 0 Å². The molecule has 2 rings (SSSR count). The normalized spacial score (nSPS) is 32.8. The van der Waals surface area contributed by atoms with Crippen LogP contribution in [0, 0.1) is 0 Å². The standard InChI is InChI=1S/C12H22N2O2/c1-10(15)13-6-3-7-14(9-8-13)11-4-2-5-12(11)16/h11-12,16H,2-9H2,1H3/t11-,12-/m1/s1. The molecule has 4 nitrogen and oxygen atoms in total. The molecule has 92 valence electrons. The summed E-state index contributed by atoms with van der Waals surface area (Å²) in [6.07, 6.45) is 4.07. The zero-order valence-electron chi connectivity index (χ0n) is 10.1. The molecule has 1 N–H and O–H groups in total. The Morgan fingerprint density at radius 1 is 1.12 bits per heavy atom. The van der Waals surface area contributed by atoms with Crippen LogP contribution < -0.4 is 0 Å². The van der Waals surface area contributed by atoms with Crippen LogP contribution in [0.5, 0.6) is 0 Å². The molecule has 1 saturated carbocycles. The van der Waals surface area contributed by atoms with E-state index in [4.69, 9.17) is 0 Å². The van der Waals surface area contributed by atoms with Gasteiger partial charge in [0.1, 0.15) is 0 Å². The third kappa shape index (κ3) is 2.55. The van der Waals surface area contributed by atoms with Gasteiger partial charge in [0.05, 0.1) is 6.10 Å². The third-order valence-electron chi connectivity index (χ3n) is 3.89. The van der Waals surface area contributed by atoms with Gasteiger partial charge in [-0.2, -0.15) is 0 Å². The summed E-state index contributed by atoms with van der Waals surface area (Å²) in [5.74, 6) is 0.175. The molecule has 0 spiro atoms. The molecule has 0 aromatic heterocycles. The second-order valence-corrected chi connectivity index (χ2v) is 4.96. The molecule has 0 aromatic carbocycles. The van der Waals surface area contributed by atoms with Gasteiger partial charge >= 0.3 is 0 Å². The van der Waals surface area contributed by atoms with Crippen LogP contribution in [0.4, 0.5) is 0 Å². The Morgan fingerprint density at radius 3 is 2.56 bits per heavy atom. The van der Waals surface area contributed by atoms with Gasteiger partial charge in [-0.15, -0.1) is 0 Å². The van der Waals surface area contributed by atoms with Crippen LogP contribution >= 0.6 is 0 Å². The second-order valence-electron chi connectivity index (χ2n) is 4.96. The molecule has 2 fully saturated rings. The Balaban J connectivity index is 1.90. The van der Waals surface area contributed by atoms with Gasteiger partial charge < -0.3 is 10.0 Å². The highest BCUT2D eigenvalue weighted by molar-refractivity contribution is 5.73. The third-order valence-corrected chi connectivity index (χ3v) is 3.89. The number of hydrogen-bond acceptors (Lipinski definition) is 3. The van der Waals surface area contributed by atoms with Gasteiger partial charge in [-0.3, -0.25) is 9.69 Å². The highest BCUT2D eigenvalue weighted by Crippen LogP contribution is 2.25. The van der Waals surface area contributed by atoms with E-state index in [1.807, 2.05) is 4.90 Å². The zero-order chi connectivity index (χ0) is 11.5. The molecule has 1 aliphatic heterocycles. The first-order valence-corrected chi connectivity index (χ1v) is 6.36. The van der Waals surface area contributed by atoms with Crippen LogP contribution in [0.3, 0.4) is 0 Å². The van der Waals surface area contributed by atoms with E-state index >= 15 is 0 Å². The molecule has 0 bridgehead atoms. The summed E-state index contributed by atoms with van der Waals surface area (Å²) in [5.41, 5.74) is 0. The van der Waals surface area contributed by atoms with Crippen LogP contribution in [0.15, 0.2) is 0 Å². The molecule has 2 aliphatic rings. The highest BCUT2D eigenvalue weighted by Gasteiger charge is 2.31. The first-order chi connectivity index (χ1) is 7.68. The maximum Gasteiger partial charge on any atom is 0.219 e.